The monoisotopic (exact) mass is 266 g/mol. The third-order valence-corrected chi connectivity index (χ3v) is 4.23. The highest BCUT2D eigenvalue weighted by Gasteiger charge is 2.21. The van der Waals surface area contributed by atoms with E-state index in [-0.39, 0.29) is 0 Å². The lowest BCUT2D eigenvalue weighted by atomic mass is 9.94. The van der Waals surface area contributed by atoms with Crippen LogP contribution in [0.3, 0.4) is 0 Å². The molecular weight excluding hydrogens is 244 g/mol. The van der Waals surface area contributed by atoms with Gasteiger partial charge in [0, 0.05) is 19.3 Å². The van der Waals surface area contributed by atoms with E-state index in [4.69, 9.17) is 0 Å². The molecule has 1 heterocycles. The predicted molar refractivity (Wildman–Crippen MR) is 86.3 cm³/mol. The van der Waals surface area contributed by atoms with Gasteiger partial charge in [-0.3, -0.25) is 0 Å². The summed E-state index contributed by atoms with van der Waals surface area (Å²) in [6.45, 7) is 2.39. The lowest BCUT2D eigenvalue weighted by molar-refractivity contribution is 0.411. The van der Waals surface area contributed by atoms with Crippen LogP contribution in [-0.4, -0.2) is 32.1 Å². The van der Waals surface area contributed by atoms with Crippen LogP contribution < -0.4 is 5.32 Å². The molecule has 1 fully saturated rings. The molecule has 1 saturated heterocycles. The lowest BCUT2D eigenvalue weighted by Gasteiger charge is -2.13. The fourth-order valence-corrected chi connectivity index (χ4v) is 3.03. The van der Waals surface area contributed by atoms with E-state index in [9.17, 15) is 0 Å². The highest BCUT2D eigenvalue weighted by atomic mass is 15.1. The van der Waals surface area contributed by atoms with E-state index in [0.717, 1.165) is 5.69 Å². The van der Waals surface area contributed by atoms with Gasteiger partial charge in [-0.1, -0.05) is 36.4 Å². The number of likely N-dealkylation sites (tertiary alicyclic amines) is 1. The van der Waals surface area contributed by atoms with Gasteiger partial charge < -0.3 is 10.2 Å². The Labute approximate surface area is 121 Å². The van der Waals surface area contributed by atoms with Crippen molar-refractivity contribution >= 4 is 5.69 Å². The standard InChI is InChI=1S/C18H22N2/c1-19-18-8-4-7-16(12-18)14-5-3-6-15(11-14)17-9-10-20(2)13-17/h3-8,11-12,17,19H,9-10,13H2,1-2H3. The summed E-state index contributed by atoms with van der Waals surface area (Å²) < 4.78 is 0. The SMILES string of the molecule is CNc1cccc(-c2cccc(C3CCN(C)C3)c2)c1. The molecule has 0 bridgehead atoms. The molecule has 0 aliphatic carbocycles. The Balaban J connectivity index is 1.90. The van der Waals surface area contributed by atoms with Crippen LogP contribution in [0.5, 0.6) is 0 Å². The Hall–Kier alpha value is -1.80. The van der Waals surface area contributed by atoms with Crippen LogP contribution in [0, 0.1) is 0 Å². The maximum Gasteiger partial charge on any atom is 0.0343 e. The van der Waals surface area contributed by atoms with Gasteiger partial charge >= 0.3 is 0 Å². The second-order valence-electron chi connectivity index (χ2n) is 5.70. The van der Waals surface area contributed by atoms with Crippen LogP contribution in [0.4, 0.5) is 5.69 Å². The average Bonchev–Trinajstić information content (AvgIpc) is 2.94. The van der Waals surface area contributed by atoms with Gasteiger partial charge in [0.05, 0.1) is 0 Å². The second-order valence-corrected chi connectivity index (χ2v) is 5.70. The third kappa shape index (κ3) is 2.70. The topological polar surface area (TPSA) is 15.3 Å². The van der Waals surface area contributed by atoms with Gasteiger partial charge in [-0.05, 0) is 54.8 Å². The first-order chi connectivity index (χ1) is 9.76. The molecule has 1 atom stereocenters. The summed E-state index contributed by atoms with van der Waals surface area (Å²) in [6, 6.07) is 17.6. The molecule has 2 nitrogen and oxygen atoms in total. The zero-order chi connectivity index (χ0) is 13.9. The summed E-state index contributed by atoms with van der Waals surface area (Å²) in [5.41, 5.74) is 5.23. The van der Waals surface area contributed by atoms with Crippen molar-refractivity contribution in [1.29, 1.82) is 0 Å². The van der Waals surface area contributed by atoms with Crippen molar-refractivity contribution in [3.8, 4) is 11.1 Å². The van der Waals surface area contributed by atoms with Crippen molar-refractivity contribution in [2.24, 2.45) is 0 Å². The Bertz CT molecular complexity index is 591. The highest BCUT2D eigenvalue weighted by Crippen LogP contribution is 2.30. The molecule has 20 heavy (non-hydrogen) atoms. The number of hydrogen-bond donors (Lipinski definition) is 1. The Morgan fingerprint density at radius 2 is 1.80 bits per heavy atom. The largest absolute Gasteiger partial charge is 0.388 e. The van der Waals surface area contributed by atoms with Gasteiger partial charge in [0.15, 0.2) is 0 Å². The first-order valence-corrected chi connectivity index (χ1v) is 7.33. The van der Waals surface area contributed by atoms with Crippen molar-refractivity contribution in [1.82, 2.24) is 4.90 Å². The molecule has 1 unspecified atom stereocenters. The number of likely N-dealkylation sites (N-methyl/N-ethyl adjacent to an activating group) is 1. The molecule has 0 aromatic heterocycles. The number of benzene rings is 2. The minimum Gasteiger partial charge on any atom is -0.388 e. The van der Waals surface area contributed by atoms with Crippen LogP contribution in [0.1, 0.15) is 17.9 Å². The van der Waals surface area contributed by atoms with E-state index in [2.05, 4.69) is 65.8 Å². The zero-order valence-corrected chi connectivity index (χ0v) is 12.3. The minimum atomic E-state index is 0.687. The third-order valence-electron chi connectivity index (χ3n) is 4.23. The molecule has 2 heteroatoms. The lowest BCUT2D eigenvalue weighted by Crippen LogP contribution is -2.13. The van der Waals surface area contributed by atoms with Gasteiger partial charge in [0.1, 0.15) is 0 Å². The van der Waals surface area contributed by atoms with Crippen molar-refractivity contribution in [3.63, 3.8) is 0 Å². The molecule has 0 radical (unpaired) electrons. The Kier molecular flexibility index (Phi) is 3.75. The number of anilines is 1. The fourth-order valence-electron chi connectivity index (χ4n) is 3.03. The number of nitrogens with one attached hydrogen (secondary N) is 1. The Morgan fingerprint density at radius 3 is 2.50 bits per heavy atom. The molecular formula is C18H22N2. The fraction of sp³-hybridized carbons (Fsp3) is 0.333. The van der Waals surface area contributed by atoms with Gasteiger partial charge in [-0.2, -0.15) is 0 Å². The van der Waals surface area contributed by atoms with E-state index in [1.54, 1.807) is 0 Å². The number of hydrogen-bond acceptors (Lipinski definition) is 2. The predicted octanol–water partition coefficient (Wildman–Crippen LogP) is 3.81. The molecule has 0 amide bonds. The van der Waals surface area contributed by atoms with E-state index in [0.29, 0.717) is 5.92 Å². The molecule has 2 aromatic carbocycles. The van der Waals surface area contributed by atoms with Crippen LogP contribution in [-0.2, 0) is 0 Å². The summed E-state index contributed by atoms with van der Waals surface area (Å²) in [5, 5.41) is 3.21. The average molecular weight is 266 g/mol. The number of nitrogens with zero attached hydrogens (tertiary/aromatic N) is 1. The summed E-state index contributed by atoms with van der Waals surface area (Å²) >= 11 is 0. The van der Waals surface area contributed by atoms with Crippen molar-refractivity contribution < 1.29 is 0 Å². The second kappa shape index (κ2) is 5.68. The van der Waals surface area contributed by atoms with Crippen LogP contribution in [0.15, 0.2) is 48.5 Å². The van der Waals surface area contributed by atoms with Crippen molar-refractivity contribution in [2.45, 2.75) is 12.3 Å². The van der Waals surface area contributed by atoms with Gasteiger partial charge in [-0.25, -0.2) is 0 Å². The van der Waals surface area contributed by atoms with Gasteiger partial charge in [-0.15, -0.1) is 0 Å². The maximum atomic E-state index is 3.21. The van der Waals surface area contributed by atoms with Crippen LogP contribution in [0.2, 0.25) is 0 Å². The highest BCUT2D eigenvalue weighted by molar-refractivity contribution is 5.68. The summed E-state index contributed by atoms with van der Waals surface area (Å²) in [7, 11) is 4.17. The molecule has 0 saturated carbocycles. The molecule has 104 valence electrons. The molecule has 0 spiro atoms. The van der Waals surface area contributed by atoms with Gasteiger partial charge in [0.25, 0.3) is 0 Å². The maximum absolute atomic E-state index is 3.21. The number of rotatable bonds is 3. The van der Waals surface area contributed by atoms with E-state index < -0.39 is 0 Å². The summed E-state index contributed by atoms with van der Waals surface area (Å²) in [5.74, 6) is 0.687. The zero-order valence-electron chi connectivity index (χ0n) is 12.3. The molecule has 1 aliphatic rings. The minimum absolute atomic E-state index is 0.687. The van der Waals surface area contributed by atoms with Crippen LogP contribution in [0.25, 0.3) is 11.1 Å². The Morgan fingerprint density at radius 1 is 1.05 bits per heavy atom. The first kappa shape index (κ1) is 13.2. The van der Waals surface area contributed by atoms with E-state index in [1.165, 1.54) is 36.2 Å². The smallest absolute Gasteiger partial charge is 0.0343 e. The first-order valence-electron chi connectivity index (χ1n) is 7.33. The quantitative estimate of drug-likeness (QED) is 0.908. The molecule has 2 aromatic rings. The summed E-state index contributed by atoms with van der Waals surface area (Å²) in [4.78, 5) is 2.42. The summed E-state index contributed by atoms with van der Waals surface area (Å²) in [6.07, 6.45) is 1.27. The molecule has 1 aliphatic heterocycles. The molecule has 3 rings (SSSR count). The van der Waals surface area contributed by atoms with Crippen LogP contribution >= 0.6 is 0 Å². The molecule has 1 N–H and O–H groups in total. The van der Waals surface area contributed by atoms with Crippen molar-refractivity contribution in [2.75, 3.05) is 32.5 Å². The van der Waals surface area contributed by atoms with Crippen molar-refractivity contribution in [3.05, 3.63) is 54.1 Å². The normalized spacial score (nSPS) is 19.2. The van der Waals surface area contributed by atoms with E-state index >= 15 is 0 Å². The van der Waals surface area contributed by atoms with Gasteiger partial charge in [0.2, 0.25) is 0 Å². The van der Waals surface area contributed by atoms with E-state index in [1.807, 2.05) is 7.05 Å².